The monoisotopic (exact) mass is 257 g/mol. The number of halogens is 3. The van der Waals surface area contributed by atoms with Gasteiger partial charge >= 0.3 is 6.18 Å². The molecule has 1 aliphatic rings. The second kappa shape index (κ2) is 4.57. The summed E-state index contributed by atoms with van der Waals surface area (Å²) < 4.78 is 38.9. The smallest absolute Gasteiger partial charge is 0.305 e. The lowest BCUT2D eigenvalue weighted by Crippen LogP contribution is -2.45. The molecule has 0 saturated carbocycles. The Morgan fingerprint density at radius 2 is 1.89 bits per heavy atom. The highest BCUT2D eigenvalue weighted by Gasteiger charge is 2.37. The molecule has 1 fully saturated rings. The minimum atomic E-state index is -4.28. The second-order valence-corrected chi connectivity index (χ2v) is 5.56. The van der Waals surface area contributed by atoms with Crippen LogP contribution in [0.3, 0.4) is 0 Å². The molecular formula is C14H18F3N. The lowest BCUT2D eigenvalue weighted by molar-refractivity contribution is -0.138. The van der Waals surface area contributed by atoms with Crippen molar-refractivity contribution in [3.63, 3.8) is 0 Å². The van der Waals surface area contributed by atoms with Gasteiger partial charge in [0.1, 0.15) is 0 Å². The van der Waals surface area contributed by atoms with E-state index >= 15 is 0 Å². The van der Waals surface area contributed by atoms with Gasteiger partial charge in [0.2, 0.25) is 0 Å². The van der Waals surface area contributed by atoms with Crippen LogP contribution < -0.4 is 5.32 Å². The van der Waals surface area contributed by atoms with Gasteiger partial charge in [-0.25, -0.2) is 0 Å². The molecule has 1 atom stereocenters. The third kappa shape index (κ3) is 2.86. The lowest BCUT2D eigenvalue weighted by Gasteiger charge is -2.38. The fraction of sp³-hybridized carbons (Fsp3) is 0.571. The van der Waals surface area contributed by atoms with E-state index in [1.807, 2.05) is 13.8 Å². The first-order chi connectivity index (χ1) is 8.30. The van der Waals surface area contributed by atoms with E-state index in [1.54, 1.807) is 12.1 Å². The van der Waals surface area contributed by atoms with Crippen molar-refractivity contribution in [1.82, 2.24) is 5.32 Å². The van der Waals surface area contributed by atoms with Gasteiger partial charge in [-0.1, -0.05) is 18.2 Å². The Labute approximate surface area is 105 Å². The van der Waals surface area contributed by atoms with Crippen LogP contribution in [0, 0.1) is 0 Å². The van der Waals surface area contributed by atoms with Crippen molar-refractivity contribution in [3.8, 4) is 0 Å². The highest BCUT2D eigenvalue weighted by atomic mass is 19.4. The molecule has 1 heterocycles. The number of hydrogen-bond acceptors (Lipinski definition) is 1. The van der Waals surface area contributed by atoms with Gasteiger partial charge in [-0.3, -0.25) is 0 Å². The zero-order valence-electron chi connectivity index (χ0n) is 10.6. The fourth-order valence-electron chi connectivity index (χ4n) is 2.66. The van der Waals surface area contributed by atoms with E-state index in [9.17, 15) is 13.2 Å². The predicted octanol–water partition coefficient (Wildman–Crippen LogP) is 4.30. The van der Waals surface area contributed by atoms with Crippen LogP contribution in [0.4, 0.5) is 13.2 Å². The third-order valence-electron chi connectivity index (χ3n) is 3.50. The molecule has 0 radical (unpaired) electrons. The minimum absolute atomic E-state index is 0.0956. The number of piperidine rings is 1. The second-order valence-electron chi connectivity index (χ2n) is 5.56. The van der Waals surface area contributed by atoms with Crippen molar-refractivity contribution < 1.29 is 13.2 Å². The molecule has 0 amide bonds. The molecule has 1 nitrogen and oxygen atoms in total. The summed E-state index contributed by atoms with van der Waals surface area (Å²) in [6, 6.07) is 5.67. The molecule has 1 saturated heterocycles. The first kappa shape index (κ1) is 13.4. The Hall–Kier alpha value is -1.03. The Kier molecular flexibility index (Phi) is 3.41. The van der Waals surface area contributed by atoms with Gasteiger partial charge in [0.25, 0.3) is 0 Å². The van der Waals surface area contributed by atoms with Crippen LogP contribution in [-0.2, 0) is 6.18 Å². The largest absolute Gasteiger partial charge is 0.416 e. The van der Waals surface area contributed by atoms with E-state index in [4.69, 9.17) is 0 Å². The number of benzene rings is 1. The molecule has 1 N–H and O–H groups in total. The summed E-state index contributed by atoms with van der Waals surface area (Å²) in [6.07, 6.45) is -1.56. The summed E-state index contributed by atoms with van der Waals surface area (Å²) in [5, 5.41) is 3.32. The van der Waals surface area contributed by atoms with Gasteiger partial charge in [0.15, 0.2) is 0 Å². The molecule has 0 spiro atoms. The number of rotatable bonds is 1. The van der Waals surface area contributed by atoms with Gasteiger partial charge in [-0.05, 0) is 44.7 Å². The first-order valence-corrected chi connectivity index (χ1v) is 6.23. The molecular weight excluding hydrogens is 239 g/mol. The third-order valence-corrected chi connectivity index (χ3v) is 3.50. The molecule has 100 valence electrons. The summed E-state index contributed by atoms with van der Waals surface area (Å²) in [4.78, 5) is 0. The Bertz CT molecular complexity index is 423. The maximum Gasteiger partial charge on any atom is 0.416 e. The molecule has 2 rings (SSSR count). The minimum Gasteiger partial charge on any atom is -0.305 e. The van der Waals surface area contributed by atoms with Crippen molar-refractivity contribution in [1.29, 1.82) is 0 Å². The van der Waals surface area contributed by atoms with Crippen LogP contribution in [-0.4, -0.2) is 5.54 Å². The molecule has 1 aliphatic heterocycles. The zero-order chi connectivity index (χ0) is 13.4. The van der Waals surface area contributed by atoms with Crippen LogP contribution >= 0.6 is 0 Å². The maximum absolute atomic E-state index is 13.0. The van der Waals surface area contributed by atoms with Crippen molar-refractivity contribution >= 4 is 0 Å². The maximum atomic E-state index is 13.0. The van der Waals surface area contributed by atoms with Crippen LogP contribution in [0.25, 0.3) is 0 Å². The van der Waals surface area contributed by atoms with Gasteiger partial charge < -0.3 is 5.32 Å². The van der Waals surface area contributed by atoms with Crippen LogP contribution in [0.2, 0.25) is 0 Å². The van der Waals surface area contributed by atoms with Gasteiger partial charge in [0.05, 0.1) is 5.56 Å². The predicted molar refractivity (Wildman–Crippen MR) is 65.3 cm³/mol. The van der Waals surface area contributed by atoms with E-state index in [0.29, 0.717) is 5.56 Å². The topological polar surface area (TPSA) is 12.0 Å². The van der Waals surface area contributed by atoms with Crippen molar-refractivity contribution in [3.05, 3.63) is 35.4 Å². The average molecular weight is 257 g/mol. The molecule has 4 heteroatoms. The fourth-order valence-corrected chi connectivity index (χ4v) is 2.66. The summed E-state index contributed by atoms with van der Waals surface area (Å²) in [5.74, 6) is 0. The average Bonchev–Trinajstić information content (AvgIpc) is 2.26. The Morgan fingerprint density at radius 3 is 2.50 bits per heavy atom. The highest BCUT2D eigenvalue weighted by molar-refractivity contribution is 5.33. The Morgan fingerprint density at radius 1 is 1.22 bits per heavy atom. The van der Waals surface area contributed by atoms with Crippen molar-refractivity contribution in [2.24, 2.45) is 0 Å². The summed E-state index contributed by atoms with van der Waals surface area (Å²) in [6.45, 7) is 4.07. The molecule has 0 bridgehead atoms. The summed E-state index contributed by atoms with van der Waals surface area (Å²) in [7, 11) is 0. The van der Waals surface area contributed by atoms with Crippen LogP contribution in [0.5, 0.6) is 0 Å². The normalized spacial score (nSPS) is 23.9. The van der Waals surface area contributed by atoms with E-state index in [0.717, 1.165) is 19.3 Å². The zero-order valence-corrected chi connectivity index (χ0v) is 10.6. The molecule has 18 heavy (non-hydrogen) atoms. The molecule has 1 aromatic rings. The number of nitrogens with one attached hydrogen (secondary N) is 1. The SMILES string of the molecule is CC1(C)CCCC(c2ccccc2C(F)(F)F)N1. The highest BCUT2D eigenvalue weighted by Crippen LogP contribution is 2.38. The Balaban J connectivity index is 2.33. The lowest BCUT2D eigenvalue weighted by atomic mass is 9.85. The molecule has 0 aromatic heterocycles. The molecule has 0 aliphatic carbocycles. The van der Waals surface area contributed by atoms with Crippen LogP contribution in [0.15, 0.2) is 24.3 Å². The van der Waals surface area contributed by atoms with Gasteiger partial charge in [-0.2, -0.15) is 13.2 Å². The van der Waals surface area contributed by atoms with Crippen LogP contribution in [0.1, 0.15) is 50.3 Å². The standard InChI is InChI=1S/C14H18F3N/c1-13(2)9-5-8-12(18-13)10-6-3-4-7-11(10)14(15,16)17/h3-4,6-7,12,18H,5,8-9H2,1-2H3. The van der Waals surface area contributed by atoms with E-state index < -0.39 is 11.7 Å². The summed E-state index contributed by atoms with van der Waals surface area (Å²) >= 11 is 0. The molecule has 1 aromatic carbocycles. The van der Waals surface area contributed by atoms with Gasteiger partial charge in [-0.15, -0.1) is 0 Å². The number of alkyl halides is 3. The van der Waals surface area contributed by atoms with Gasteiger partial charge in [0, 0.05) is 11.6 Å². The van der Waals surface area contributed by atoms with E-state index in [-0.39, 0.29) is 11.6 Å². The molecule has 1 unspecified atom stereocenters. The quantitative estimate of drug-likeness (QED) is 0.791. The first-order valence-electron chi connectivity index (χ1n) is 6.23. The van der Waals surface area contributed by atoms with E-state index in [1.165, 1.54) is 12.1 Å². The summed E-state index contributed by atoms with van der Waals surface area (Å²) in [5.41, 5.74) is -0.236. The van der Waals surface area contributed by atoms with Crippen molar-refractivity contribution in [2.45, 2.75) is 50.9 Å². The number of hydrogen-bond donors (Lipinski definition) is 1. The van der Waals surface area contributed by atoms with Crippen molar-refractivity contribution in [2.75, 3.05) is 0 Å². The van der Waals surface area contributed by atoms with E-state index in [2.05, 4.69) is 5.32 Å².